The van der Waals surface area contributed by atoms with Crippen molar-refractivity contribution in [3.63, 3.8) is 0 Å². The third-order valence-corrected chi connectivity index (χ3v) is 6.82. The molecular formula is C19H25N3O4S. The van der Waals surface area contributed by atoms with Crippen molar-refractivity contribution < 1.29 is 17.9 Å². The Labute approximate surface area is 160 Å². The van der Waals surface area contributed by atoms with E-state index in [1.54, 1.807) is 0 Å². The second kappa shape index (κ2) is 7.82. The van der Waals surface area contributed by atoms with Gasteiger partial charge in [0.1, 0.15) is 6.10 Å². The first-order chi connectivity index (χ1) is 12.8. The van der Waals surface area contributed by atoms with Crippen molar-refractivity contribution in [1.29, 1.82) is 0 Å². The van der Waals surface area contributed by atoms with Gasteiger partial charge in [0.25, 0.3) is 11.8 Å². The lowest BCUT2D eigenvalue weighted by Gasteiger charge is -2.32. The maximum absolute atomic E-state index is 13.3. The van der Waals surface area contributed by atoms with Crippen LogP contribution < -0.4 is 9.47 Å². The van der Waals surface area contributed by atoms with Crippen LogP contribution in [-0.2, 0) is 10.0 Å². The molecule has 146 valence electrons. The summed E-state index contributed by atoms with van der Waals surface area (Å²) in [5.41, 5.74) is 2.59. The van der Waals surface area contributed by atoms with E-state index in [2.05, 4.69) is 9.97 Å². The SMILES string of the molecule is COc1nccnc1OC1CCCN(S(=O)(=O)c2c(C)cc(C)cc2C)C1. The maximum Gasteiger partial charge on any atom is 0.278 e. The smallest absolute Gasteiger partial charge is 0.278 e. The minimum atomic E-state index is -3.59. The highest BCUT2D eigenvalue weighted by molar-refractivity contribution is 7.89. The Morgan fingerprint density at radius 1 is 1.07 bits per heavy atom. The molecule has 27 heavy (non-hydrogen) atoms. The van der Waals surface area contributed by atoms with Crippen molar-refractivity contribution in [1.82, 2.24) is 14.3 Å². The number of hydrogen-bond donors (Lipinski definition) is 0. The molecule has 0 N–H and O–H groups in total. The molecule has 0 saturated carbocycles. The molecule has 1 aromatic heterocycles. The molecule has 0 spiro atoms. The molecule has 1 fully saturated rings. The van der Waals surface area contributed by atoms with Gasteiger partial charge in [-0.25, -0.2) is 18.4 Å². The number of aryl methyl sites for hydroxylation is 3. The van der Waals surface area contributed by atoms with Crippen molar-refractivity contribution in [2.45, 2.75) is 44.6 Å². The summed E-state index contributed by atoms with van der Waals surface area (Å²) in [6.45, 7) is 6.40. The number of hydrogen-bond acceptors (Lipinski definition) is 6. The lowest BCUT2D eigenvalue weighted by molar-refractivity contribution is 0.119. The Hall–Kier alpha value is -2.19. The largest absolute Gasteiger partial charge is 0.477 e. The number of nitrogens with zero attached hydrogens (tertiary/aromatic N) is 3. The lowest BCUT2D eigenvalue weighted by atomic mass is 10.1. The van der Waals surface area contributed by atoms with Gasteiger partial charge < -0.3 is 9.47 Å². The molecule has 2 heterocycles. The molecule has 0 amide bonds. The predicted octanol–water partition coefficient (Wildman–Crippen LogP) is 2.64. The minimum absolute atomic E-state index is 0.273. The standard InChI is InChI=1S/C19H25N3O4S/c1-13-10-14(2)17(15(3)11-13)27(23,24)22-9-5-6-16(12-22)26-19-18(25-4)20-7-8-21-19/h7-8,10-11,16H,5-6,9,12H2,1-4H3. The number of aromatic nitrogens is 2. The van der Waals surface area contributed by atoms with E-state index in [-0.39, 0.29) is 18.5 Å². The van der Waals surface area contributed by atoms with E-state index in [1.165, 1.54) is 23.8 Å². The maximum atomic E-state index is 13.3. The topological polar surface area (TPSA) is 81.6 Å². The van der Waals surface area contributed by atoms with Gasteiger partial charge in [0.2, 0.25) is 10.0 Å². The zero-order valence-electron chi connectivity index (χ0n) is 16.1. The van der Waals surface area contributed by atoms with E-state index in [4.69, 9.17) is 9.47 Å². The van der Waals surface area contributed by atoms with Gasteiger partial charge in [0.05, 0.1) is 18.6 Å². The molecule has 3 rings (SSSR count). The number of benzene rings is 1. The Morgan fingerprint density at radius 2 is 1.70 bits per heavy atom. The van der Waals surface area contributed by atoms with E-state index >= 15 is 0 Å². The summed E-state index contributed by atoms with van der Waals surface area (Å²) in [5, 5.41) is 0. The van der Waals surface area contributed by atoms with Crippen LogP contribution in [0.4, 0.5) is 0 Å². The summed E-state index contributed by atoms with van der Waals surface area (Å²) < 4.78 is 39.1. The fourth-order valence-corrected chi connectivity index (χ4v) is 5.54. The molecule has 8 heteroatoms. The molecule has 1 saturated heterocycles. The molecule has 1 aliphatic heterocycles. The minimum Gasteiger partial charge on any atom is -0.477 e. The molecule has 0 radical (unpaired) electrons. The van der Waals surface area contributed by atoms with Crippen LogP contribution >= 0.6 is 0 Å². The van der Waals surface area contributed by atoms with Crippen LogP contribution in [0.15, 0.2) is 29.4 Å². The number of methoxy groups -OCH3 is 1. The average Bonchev–Trinajstić information content (AvgIpc) is 2.61. The first-order valence-electron chi connectivity index (χ1n) is 8.92. The van der Waals surface area contributed by atoms with Crippen LogP contribution in [0.1, 0.15) is 29.5 Å². The highest BCUT2D eigenvalue weighted by Gasteiger charge is 2.33. The average molecular weight is 391 g/mol. The molecule has 1 atom stereocenters. The highest BCUT2D eigenvalue weighted by atomic mass is 32.2. The molecule has 1 unspecified atom stereocenters. The second-order valence-corrected chi connectivity index (χ2v) is 8.72. The molecule has 7 nitrogen and oxygen atoms in total. The Bertz CT molecular complexity index is 907. The first-order valence-corrected chi connectivity index (χ1v) is 10.4. The Morgan fingerprint density at radius 3 is 2.33 bits per heavy atom. The quantitative estimate of drug-likeness (QED) is 0.779. The van der Waals surface area contributed by atoms with Gasteiger partial charge >= 0.3 is 0 Å². The second-order valence-electron chi connectivity index (χ2n) is 6.84. The first kappa shape index (κ1) is 19.6. The van der Waals surface area contributed by atoms with Crippen LogP contribution in [0, 0.1) is 20.8 Å². The van der Waals surface area contributed by atoms with Crippen LogP contribution in [0.2, 0.25) is 0 Å². The Kier molecular flexibility index (Phi) is 5.67. The summed E-state index contributed by atoms with van der Waals surface area (Å²) in [6, 6.07) is 3.81. The van der Waals surface area contributed by atoms with Crippen molar-refractivity contribution in [2.24, 2.45) is 0 Å². The van der Waals surface area contributed by atoms with Gasteiger partial charge in [0.15, 0.2) is 0 Å². The summed E-state index contributed by atoms with van der Waals surface area (Å²) in [5.74, 6) is 0.578. The van der Waals surface area contributed by atoms with E-state index < -0.39 is 10.0 Å². The summed E-state index contributed by atoms with van der Waals surface area (Å²) in [4.78, 5) is 8.61. The van der Waals surface area contributed by atoms with Crippen LogP contribution in [0.3, 0.4) is 0 Å². The van der Waals surface area contributed by atoms with Crippen LogP contribution in [0.5, 0.6) is 11.8 Å². The molecule has 0 bridgehead atoms. The van der Waals surface area contributed by atoms with Crippen molar-refractivity contribution in [3.05, 3.63) is 41.2 Å². The van der Waals surface area contributed by atoms with Gasteiger partial charge in [-0.15, -0.1) is 0 Å². The number of piperidine rings is 1. The molecule has 1 aliphatic rings. The van der Waals surface area contributed by atoms with Crippen LogP contribution in [-0.4, -0.2) is 49.0 Å². The zero-order valence-corrected chi connectivity index (χ0v) is 16.9. The van der Waals surface area contributed by atoms with Crippen molar-refractivity contribution in [3.8, 4) is 11.8 Å². The van der Waals surface area contributed by atoms with Gasteiger partial charge in [-0.1, -0.05) is 17.7 Å². The van der Waals surface area contributed by atoms with E-state index in [1.807, 2.05) is 32.9 Å². The monoisotopic (exact) mass is 391 g/mol. The molecule has 2 aromatic rings. The van der Waals surface area contributed by atoms with Crippen molar-refractivity contribution >= 4 is 10.0 Å². The van der Waals surface area contributed by atoms with Gasteiger partial charge in [-0.2, -0.15) is 4.31 Å². The number of rotatable bonds is 5. The number of ether oxygens (including phenoxy) is 2. The molecular weight excluding hydrogens is 366 g/mol. The molecule has 0 aliphatic carbocycles. The summed E-state index contributed by atoms with van der Waals surface area (Å²) in [6.07, 6.45) is 4.21. The van der Waals surface area contributed by atoms with Gasteiger partial charge in [-0.05, 0) is 44.7 Å². The zero-order chi connectivity index (χ0) is 19.6. The van der Waals surface area contributed by atoms with Crippen molar-refractivity contribution in [2.75, 3.05) is 20.2 Å². The van der Waals surface area contributed by atoms with E-state index in [0.29, 0.717) is 17.3 Å². The number of sulfonamides is 1. The van der Waals surface area contributed by atoms with Gasteiger partial charge in [0, 0.05) is 18.9 Å². The van der Waals surface area contributed by atoms with Gasteiger partial charge in [-0.3, -0.25) is 0 Å². The lowest BCUT2D eigenvalue weighted by Crippen LogP contribution is -2.44. The predicted molar refractivity (Wildman–Crippen MR) is 102 cm³/mol. The van der Waals surface area contributed by atoms with E-state index in [0.717, 1.165) is 29.5 Å². The fourth-order valence-electron chi connectivity index (χ4n) is 3.61. The molecule has 1 aromatic carbocycles. The Balaban J connectivity index is 1.83. The third kappa shape index (κ3) is 4.06. The van der Waals surface area contributed by atoms with E-state index in [9.17, 15) is 8.42 Å². The summed E-state index contributed by atoms with van der Waals surface area (Å²) in [7, 11) is -2.10. The highest BCUT2D eigenvalue weighted by Crippen LogP contribution is 2.29. The fraction of sp³-hybridized carbons (Fsp3) is 0.474. The summed E-state index contributed by atoms with van der Waals surface area (Å²) >= 11 is 0. The van der Waals surface area contributed by atoms with Crippen LogP contribution in [0.25, 0.3) is 0 Å². The third-order valence-electron chi connectivity index (χ3n) is 4.65. The normalized spacial score (nSPS) is 18.3.